The number of piperazine rings is 1. The van der Waals surface area contributed by atoms with Gasteiger partial charge in [0, 0.05) is 31.8 Å². The summed E-state index contributed by atoms with van der Waals surface area (Å²) < 4.78 is 26.7. The number of amides is 2. The Hall–Kier alpha value is -1.98. The number of carbonyl (C=O) groups is 2. The third-order valence-electron chi connectivity index (χ3n) is 5.83. The highest BCUT2D eigenvalue weighted by atomic mass is 19.3. The van der Waals surface area contributed by atoms with Gasteiger partial charge >= 0.3 is 0 Å². The Balaban J connectivity index is 1.52. The highest BCUT2D eigenvalue weighted by Crippen LogP contribution is 2.38. The van der Waals surface area contributed by atoms with Crippen LogP contribution in [0, 0.1) is 5.92 Å². The smallest absolute Gasteiger partial charge is 0.248 e. The zero-order valence-electron chi connectivity index (χ0n) is 14.1. The molecule has 1 atom stereocenters. The number of halogens is 2. The summed E-state index contributed by atoms with van der Waals surface area (Å²) in [6.45, 7) is 1.22. The lowest BCUT2D eigenvalue weighted by Crippen LogP contribution is -2.56. The maximum atomic E-state index is 13.3. The molecule has 0 radical (unpaired) electrons. The van der Waals surface area contributed by atoms with Crippen molar-refractivity contribution < 1.29 is 18.4 Å². The van der Waals surface area contributed by atoms with Crippen molar-refractivity contribution >= 4 is 11.8 Å². The average molecular weight is 348 g/mol. The van der Waals surface area contributed by atoms with E-state index in [4.69, 9.17) is 0 Å². The summed E-state index contributed by atoms with van der Waals surface area (Å²) in [4.78, 5) is 28.8. The first kappa shape index (κ1) is 16.5. The topological polar surface area (TPSA) is 40.6 Å². The second-order valence-corrected chi connectivity index (χ2v) is 7.40. The zero-order chi connectivity index (χ0) is 17.6. The summed E-state index contributed by atoms with van der Waals surface area (Å²) in [5.41, 5.74) is 2.33. The van der Waals surface area contributed by atoms with Crippen LogP contribution in [0.5, 0.6) is 0 Å². The van der Waals surface area contributed by atoms with Crippen molar-refractivity contribution in [2.45, 2.75) is 44.1 Å². The van der Waals surface area contributed by atoms with Crippen molar-refractivity contribution in [3.63, 3.8) is 0 Å². The second kappa shape index (κ2) is 6.07. The fourth-order valence-corrected chi connectivity index (χ4v) is 4.39. The van der Waals surface area contributed by atoms with Crippen molar-refractivity contribution in [3.8, 4) is 0 Å². The fourth-order valence-electron chi connectivity index (χ4n) is 4.39. The molecule has 4 rings (SSSR count). The van der Waals surface area contributed by atoms with Gasteiger partial charge in [-0.3, -0.25) is 9.59 Å². The van der Waals surface area contributed by atoms with Crippen molar-refractivity contribution in [3.05, 3.63) is 35.4 Å². The van der Waals surface area contributed by atoms with E-state index in [1.807, 2.05) is 23.1 Å². The molecule has 1 saturated carbocycles. The first-order valence-corrected chi connectivity index (χ1v) is 8.98. The van der Waals surface area contributed by atoms with E-state index in [1.165, 1.54) is 5.56 Å². The van der Waals surface area contributed by atoms with Crippen LogP contribution in [0.4, 0.5) is 8.78 Å². The quantitative estimate of drug-likeness (QED) is 0.783. The lowest BCUT2D eigenvalue weighted by Gasteiger charge is -2.45. The van der Waals surface area contributed by atoms with Crippen LogP contribution in [0.25, 0.3) is 0 Å². The molecule has 134 valence electrons. The fraction of sp³-hybridized carbons (Fsp3) is 0.579. The number of carbonyl (C=O) groups excluding carboxylic acids is 2. The summed E-state index contributed by atoms with van der Waals surface area (Å²) >= 11 is 0. The largest absolute Gasteiger partial charge is 0.332 e. The molecule has 25 heavy (non-hydrogen) atoms. The Kier molecular flexibility index (Phi) is 4.01. The maximum Gasteiger partial charge on any atom is 0.248 e. The second-order valence-electron chi connectivity index (χ2n) is 7.40. The first-order chi connectivity index (χ1) is 11.9. The molecule has 2 fully saturated rings. The normalized spacial score (nSPS) is 26.2. The monoisotopic (exact) mass is 348 g/mol. The molecule has 0 unspecified atom stereocenters. The van der Waals surface area contributed by atoms with Gasteiger partial charge in [0.1, 0.15) is 0 Å². The van der Waals surface area contributed by atoms with Gasteiger partial charge in [-0.1, -0.05) is 24.3 Å². The molecule has 1 aromatic rings. The molecule has 1 aromatic carbocycles. The molecule has 2 amide bonds. The predicted molar refractivity (Wildman–Crippen MR) is 88.1 cm³/mol. The van der Waals surface area contributed by atoms with Gasteiger partial charge in [0.2, 0.25) is 17.7 Å². The molecule has 0 spiro atoms. The maximum absolute atomic E-state index is 13.3. The van der Waals surface area contributed by atoms with E-state index in [0.29, 0.717) is 13.1 Å². The lowest BCUT2D eigenvalue weighted by molar-refractivity contribution is -0.153. The minimum Gasteiger partial charge on any atom is -0.332 e. The van der Waals surface area contributed by atoms with Crippen molar-refractivity contribution in [2.75, 3.05) is 19.6 Å². The summed E-state index contributed by atoms with van der Waals surface area (Å²) in [5.74, 6) is -3.20. The summed E-state index contributed by atoms with van der Waals surface area (Å²) in [5, 5.41) is 0. The van der Waals surface area contributed by atoms with Crippen molar-refractivity contribution in [2.24, 2.45) is 5.92 Å². The lowest BCUT2D eigenvalue weighted by atomic mass is 9.85. The number of hydrogen-bond donors (Lipinski definition) is 0. The summed E-state index contributed by atoms with van der Waals surface area (Å²) in [6.07, 6.45) is 0.792. The molecule has 4 nitrogen and oxygen atoms in total. The van der Waals surface area contributed by atoms with Crippen LogP contribution < -0.4 is 0 Å². The number of alkyl halides is 2. The van der Waals surface area contributed by atoms with Gasteiger partial charge in [-0.25, -0.2) is 8.78 Å². The van der Waals surface area contributed by atoms with Crippen LogP contribution in [0.1, 0.15) is 42.9 Å². The third-order valence-corrected chi connectivity index (χ3v) is 5.83. The van der Waals surface area contributed by atoms with Crippen LogP contribution in [0.3, 0.4) is 0 Å². The van der Waals surface area contributed by atoms with Gasteiger partial charge in [0.15, 0.2) is 0 Å². The molecule has 0 aromatic heterocycles. The van der Waals surface area contributed by atoms with E-state index in [0.717, 1.165) is 12.0 Å². The molecule has 2 aliphatic heterocycles. The zero-order valence-corrected chi connectivity index (χ0v) is 14.1. The predicted octanol–water partition coefficient (Wildman–Crippen LogP) is 2.78. The third kappa shape index (κ3) is 3.02. The van der Waals surface area contributed by atoms with Crippen LogP contribution in [0.15, 0.2) is 24.3 Å². The van der Waals surface area contributed by atoms with E-state index in [9.17, 15) is 18.4 Å². The molecular weight excluding hydrogens is 326 g/mol. The van der Waals surface area contributed by atoms with Crippen molar-refractivity contribution in [1.29, 1.82) is 0 Å². The van der Waals surface area contributed by atoms with E-state index in [-0.39, 0.29) is 56.0 Å². The van der Waals surface area contributed by atoms with Gasteiger partial charge in [-0.15, -0.1) is 0 Å². The highest BCUT2D eigenvalue weighted by molar-refractivity contribution is 5.87. The first-order valence-electron chi connectivity index (χ1n) is 8.98. The van der Waals surface area contributed by atoms with Crippen molar-refractivity contribution in [1.82, 2.24) is 9.80 Å². The minimum atomic E-state index is -2.65. The molecule has 6 heteroatoms. The van der Waals surface area contributed by atoms with Crippen LogP contribution >= 0.6 is 0 Å². The molecule has 2 heterocycles. The average Bonchev–Trinajstić information content (AvgIpc) is 2.61. The van der Waals surface area contributed by atoms with Crippen LogP contribution in [-0.2, 0) is 16.0 Å². The standard InChI is InChI=1S/C19H22F2N2O2/c20-19(21)8-5-14(6-9-19)18(25)22-11-16-15-4-2-1-3-13(15)7-10-23(16)17(24)12-22/h1-4,14,16H,5-12H2/t16-/m1/s1. The Bertz CT molecular complexity index is 696. The summed E-state index contributed by atoms with van der Waals surface area (Å²) in [7, 11) is 0. The Labute approximate surface area is 145 Å². The van der Waals surface area contributed by atoms with Gasteiger partial charge in [0.05, 0.1) is 12.6 Å². The molecule has 1 saturated heterocycles. The van der Waals surface area contributed by atoms with Gasteiger partial charge in [0.25, 0.3) is 0 Å². The molecule has 0 bridgehead atoms. The highest BCUT2D eigenvalue weighted by Gasteiger charge is 2.42. The molecule has 0 N–H and O–H groups in total. The number of benzene rings is 1. The van der Waals surface area contributed by atoms with Gasteiger partial charge < -0.3 is 9.80 Å². The summed E-state index contributed by atoms with van der Waals surface area (Å²) in [6, 6.07) is 7.93. The number of fused-ring (bicyclic) bond motifs is 3. The Morgan fingerprint density at radius 2 is 1.88 bits per heavy atom. The Morgan fingerprint density at radius 3 is 2.64 bits per heavy atom. The molecule has 3 aliphatic rings. The van der Waals surface area contributed by atoms with E-state index in [2.05, 4.69) is 6.07 Å². The van der Waals surface area contributed by atoms with Crippen LogP contribution in [0.2, 0.25) is 0 Å². The SMILES string of the molecule is O=C(C1CCC(F)(F)CC1)N1CC(=O)N2CCc3ccccc3[C@H]2C1. The van der Waals surface area contributed by atoms with E-state index < -0.39 is 5.92 Å². The van der Waals surface area contributed by atoms with E-state index >= 15 is 0 Å². The number of nitrogens with zero attached hydrogens (tertiary/aromatic N) is 2. The van der Waals surface area contributed by atoms with Gasteiger partial charge in [-0.05, 0) is 30.4 Å². The molecule has 1 aliphatic carbocycles. The van der Waals surface area contributed by atoms with Gasteiger partial charge in [-0.2, -0.15) is 0 Å². The molecular formula is C19H22F2N2O2. The Morgan fingerprint density at radius 1 is 1.16 bits per heavy atom. The van der Waals surface area contributed by atoms with E-state index in [1.54, 1.807) is 4.90 Å². The number of rotatable bonds is 1. The number of hydrogen-bond acceptors (Lipinski definition) is 2. The minimum absolute atomic E-state index is 0.0414. The van der Waals surface area contributed by atoms with Crippen LogP contribution in [-0.4, -0.2) is 47.2 Å².